The first-order chi connectivity index (χ1) is 13.7. The number of hydrogen-bond acceptors (Lipinski definition) is 7. The van der Waals surface area contributed by atoms with Gasteiger partial charge in [-0.1, -0.05) is 23.5 Å². The lowest BCUT2D eigenvalue weighted by Crippen LogP contribution is -2.49. The van der Waals surface area contributed by atoms with Crippen LogP contribution in [0, 0.1) is 0 Å². The number of benzene rings is 1. The summed E-state index contributed by atoms with van der Waals surface area (Å²) in [7, 11) is 1.58. The molecule has 0 atom stereocenters. The fourth-order valence-corrected chi connectivity index (χ4v) is 4.12. The molecule has 1 aliphatic heterocycles. The summed E-state index contributed by atoms with van der Waals surface area (Å²) in [6.45, 7) is 3.37. The van der Waals surface area contributed by atoms with E-state index >= 15 is 0 Å². The Morgan fingerprint density at radius 2 is 1.96 bits per heavy atom. The number of carbonyl (C=O) groups excluding carboxylic acids is 1. The van der Waals surface area contributed by atoms with E-state index in [2.05, 4.69) is 16.0 Å². The molecule has 1 aliphatic rings. The predicted octanol–water partition coefficient (Wildman–Crippen LogP) is 2.57. The van der Waals surface area contributed by atoms with Gasteiger partial charge in [0.25, 0.3) is 0 Å². The lowest BCUT2D eigenvalue weighted by atomic mass is 10.3. The summed E-state index contributed by atoms with van der Waals surface area (Å²) < 4.78 is 11.8. The molecule has 28 heavy (non-hydrogen) atoms. The van der Waals surface area contributed by atoms with Gasteiger partial charge in [0.15, 0.2) is 5.13 Å². The highest BCUT2D eigenvalue weighted by molar-refractivity contribution is 7.22. The van der Waals surface area contributed by atoms with Crippen LogP contribution >= 0.6 is 11.3 Å². The van der Waals surface area contributed by atoms with Crippen LogP contribution in [0.15, 0.2) is 42.6 Å². The number of amides is 1. The van der Waals surface area contributed by atoms with Crippen molar-refractivity contribution in [1.82, 2.24) is 14.9 Å². The number of carbonyl (C=O) groups is 1. The first kappa shape index (κ1) is 18.6. The first-order valence-corrected chi connectivity index (χ1v) is 9.99. The number of pyridine rings is 1. The number of aromatic nitrogens is 2. The van der Waals surface area contributed by atoms with Gasteiger partial charge in [0, 0.05) is 38.4 Å². The number of piperazine rings is 1. The van der Waals surface area contributed by atoms with Crippen molar-refractivity contribution < 1.29 is 14.3 Å². The standard InChI is InChI=1S/C20H22N4O3S/c1-26-18-7-6-15(12-21-18)13-27-14-19(25)23-8-10-24(11-9-23)20-22-16-4-2-3-5-17(16)28-20/h2-7,12H,8-11,13-14H2,1H3. The Bertz CT molecular complexity index is 903. The minimum absolute atomic E-state index is 0.0189. The number of fused-ring (bicyclic) bond motifs is 1. The molecule has 1 saturated heterocycles. The Balaban J connectivity index is 1.24. The van der Waals surface area contributed by atoms with Crippen LogP contribution in [-0.2, 0) is 16.1 Å². The monoisotopic (exact) mass is 398 g/mol. The molecule has 1 fully saturated rings. The van der Waals surface area contributed by atoms with Gasteiger partial charge in [-0.3, -0.25) is 4.79 Å². The van der Waals surface area contributed by atoms with Gasteiger partial charge in [-0.05, 0) is 23.8 Å². The van der Waals surface area contributed by atoms with Crippen molar-refractivity contribution in [1.29, 1.82) is 0 Å². The number of methoxy groups -OCH3 is 1. The summed E-state index contributed by atoms with van der Waals surface area (Å²) >= 11 is 1.70. The molecule has 0 unspecified atom stereocenters. The number of ether oxygens (including phenoxy) is 2. The molecular formula is C20H22N4O3S. The molecule has 146 valence electrons. The second-order valence-corrected chi connectivity index (χ2v) is 7.54. The van der Waals surface area contributed by atoms with E-state index in [9.17, 15) is 4.79 Å². The van der Waals surface area contributed by atoms with Gasteiger partial charge in [0.05, 0.1) is 23.9 Å². The highest BCUT2D eigenvalue weighted by Gasteiger charge is 2.23. The number of nitrogens with zero attached hydrogens (tertiary/aromatic N) is 4. The van der Waals surface area contributed by atoms with Crippen LogP contribution in [0.1, 0.15) is 5.56 Å². The quantitative estimate of drug-likeness (QED) is 0.636. The summed E-state index contributed by atoms with van der Waals surface area (Å²) in [5.41, 5.74) is 1.94. The summed E-state index contributed by atoms with van der Waals surface area (Å²) in [5, 5.41) is 1.02. The average Bonchev–Trinajstić information content (AvgIpc) is 3.18. The molecule has 2 aromatic heterocycles. The maximum atomic E-state index is 12.4. The summed E-state index contributed by atoms with van der Waals surface area (Å²) in [4.78, 5) is 25.3. The number of hydrogen-bond donors (Lipinski definition) is 0. The second-order valence-electron chi connectivity index (χ2n) is 6.53. The van der Waals surface area contributed by atoms with Crippen LogP contribution in [-0.4, -0.2) is 60.7 Å². The van der Waals surface area contributed by atoms with Crippen LogP contribution in [0.3, 0.4) is 0 Å². The Kier molecular flexibility index (Phi) is 5.68. The van der Waals surface area contributed by atoms with Crippen molar-refractivity contribution in [2.75, 3.05) is 44.8 Å². The maximum absolute atomic E-state index is 12.4. The molecule has 0 saturated carbocycles. The molecule has 3 heterocycles. The molecule has 1 amide bonds. The zero-order valence-electron chi connectivity index (χ0n) is 15.7. The smallest absolute Gasteiger partial charge is 0.248 e. The van der Waals surface area contributed by atoms with E-state index < -0.39 is 0 Å². The van der Waals surface area contributed by atoms with Crippen molar-refractivity contribution in [3.63, 3.8) is 0 Å². The maximum Gasteiger partial charge on any atom is 0.248 e. The molecule has 4 rings (SSSR count). The third-order valence-corrected chi connectivity index (χ3v) is 5.78. The summed E-state index contributed by atoms with van der Waals surface area (Å²) in [6, 6.07) is 11.8. The predicted molar refractivity (Wildman–Crippen MR) is 109 cm³/mol. The zero-order chi connectivity index (χ0) is 19.3. The van der Waals surface area contributed by atoms with Gasteiger partial charge in [0.1, 0.15) is 6.61 Å². The van der Waals surface area contributed by atoms with Crippen molar-refractivity contribution >= 4 is 32.6 Å². The Morgan fingerprint density at radius 1 is 1.14 bits per heavy atom. The van der Waals surface area contributed by atoms with Crippen molar-refractivity contribution in [3.8, 4) is 5.88 Å². The van der Waals surface area contributed by atoms with E-state index in [1.165, 1.54) is 4.70 Å². The fraction of sp³-hybridized carbons (Fsp3) is 0.350. The third-order valence-electron chi connectivity index (χ3n) is 4.69. The lowest BCUT2D eigenvalue weighted by molar-refractivity contribution is -0.136. The van der Waals surface area contributed by atoms with Crippen molar-refractivity contribution in [3.05, 3.63) is 48.2 Å². The molecule has 0 bridgehead atoms. The first-order valence-electron chi connectivity index (χ1n) is 9.18. The Morgan fingerprint density at radius 3 is 2.68 bits per heavy atom. The van der Waals surface area contributed by atoms with Gasteiger partial charge >= 0.3 is 0 Å². The zero-order valence-corrected chi connectivity index (χ0v) is 16.5. The largest absolute Gasteiger partial charge is 0.481 e. The molecule has 0 N–H and O–H groups in total. The lowest BCUT2D eigenvalue weighted by Gasteiger charge is -2.34. The van der Waals surface area contributed by atoms with E-state index in [1.807, 2.05) is 29.2 Å². The van der Waals surface area contributed by atoms with Gasteiger partial charge in [0.2, 0.25) is 11.8 Å². The topological polar surface area (TPSA) is 67.8 Å². The number of thiazole rings is 1. The normalized spacial score (nSPS) is 14.5. The molecule has 8 heteroatoms. The van der Waals surface area contributed by atoms with E-state index in [-0.39, 0.29) is 12.5 Å². The molecule has 3 aromatic rings. The van der Waals surface area contributed by atoms with Gasteiger partial charge in [-0.2, -0.15) is 0 Å². The Hall–Kier alpha value is -2.71. The van der Waals surface area contributed by atoms with Crippen LogP contribution in [0.2, 0.25) is 0 Å². The number of para-hydroxylation sites is 1. The molecule has 0 radical (unpaired) electrons. The van der Waals surface area contributed by atoms with Crippen molar-refractivity contribution in [2.24, 2.45) is 0 Å². The fourth-order valence-electron chi connectivity index (χ4n) is 3.11. The highest BCUT2D eigenvalue weighted by atomic mass is 32.1. The van der Waals surface area contributed by atoms with E-state index in [4.69, 9.17) is 14.5 Å². The minimum Gasteiger partial charge on any atom is -0.481 e. The number of anilines is 1. The molecule has 1 aromatic carbocycles. The number of rotatable bonds is 6. The second kappa shape index (κ2) is 8.53. The minimum atomic E-state index is 0.0189. The Labute approximate surface area is 167 Å². The summed E-state index contributed by atoms with van der Waals surface area (Å²) in [6.07, 6.45) is 1.69. The average molecular weight is 398 g/mol. The summed E-state index contributed by atoms with van der Waals surface area (Å²) in [5.74, 6) is 0.580. The van der Waals surface area contributed by atoms with Crippen molar-refractivity contribution in [2.45, 2.75) is 6.61 Å². The molecule has 7 nitrogen and oxygen atoms in total. The van der Waals surface area contributed by atoms with Crippen LogP contribution in [0.25, 0.3) is 10.2 Å². The SMILES string of the molecule is COc1ccc(COCC(=O)N2CCN(c3nc4ccccc4s3)CC2)cn1. The van der Waals surface area contributed by atoms with Gasteiger partial charge < -0.3 is 19.3 Å². The van der Waals surface area contributed by atoms with Crippen LogP contribution < -0.4 is 9.64 Å². The highest BCUT2D eigenvalue weighted by Crippen LogP contribution is 2.29. The van der Waals surface area contributed by atoms with Crippen LogP contribution in [0.4, 0.5) is 5.13 Å². The molecule has 0 spiro atoms. The van der Waals surface area contributed by atoms with Crippen LogP contribution in [0.5, 0.6) is 5.88 Å². The van der Waals surface area contributed by atoms with Gasteiger partial charge in [-0.15, -0.1) is 0 Å². The van der Waals surface area contributed by atoms with E-state index in [0.717, 1.165) is 29.3 Å². The molecular weight excluding hydrogens is 376 g/mol. The van der Waals surface area contributed by atoms with E-state index in [1.54, 1.807) is 30.7 Å². The van der Waals surface area contributed by atoms with Gasteiger partial charge in [-0.25, -0.2) is 9.97 Å². The third kappa shape index (κ3) is 4.23. The van der Waals surface area contributed by atoms with E-state index in [0.29, 0.717) is 25.6 Å². The molecule has 0 aliphatic carbocycles.